The number of aryl methyl sites for hydroxylation is 2. The number of carbonyl (C=O) groups excluding carboxylic acids is 1. The van der Waals surface area contributed by atoms with Gasteiger partial charge in [0, 0.05) is 35.0 Å². The molecule has 1 aromatic carbocycles. The molecule has 0 amide bonds. The molecule has 146 valence electrons. The molecule has 0 radical (unpaired) electrons. The van der Waals surface area contributed by atoms with Crippen LogP contribution in [0.4, 0.5) is 0 Å². The summed E-state index contributed by atoms with van der Waals surface area (Å²) in [5, 5.41) is 8.42. The Balaban J connectivity index is 1.50. The first-order chi connectivity index (χ1) is 14.0. The molecule has 7 heteroatoms. The van der Waals surface area contributed by atoms with Crippen LogP contribution in [0.15, 0.2) is 64.5 Å². The van der Waals surface area contributed by atoms with Crippen LogP contribution in [0, 0.1) is 20.8 Å². The van der Waals surface area contributed by atoms with Crippen LogP contribution in [0.3, 0.4) is 0 Å². The van der Waals surface area contributed by atoms with Crippen LogP contribution >= 0.6 is 11.8 Å². The number of nitrogens with zero attached hydrogens (tertiary/aromatic N) is 4. The van der Waals surface area contributed by atoms with Crippen LogP contribution in [0.2, 0.25) is 0 Å². The van der Waals surface area contributed by atoms with Crippen molar-refractivity contribution >= 4 is 17.5 Å². The van der Waals surface area contributed by atoms with Crippen molar-refractivity contribution in [1.29, 1.82) is 0 Å². The number of carbonyl (C=O) groups is 1. The predicted molar refractivity (Wildman–Crippen MR) is 113 cm³/mol. The van der Waals surface area contributed by atoms with Crippen molar-refractivity contribution < 1.29 is 9.21 Å². The van der Waals surface area contributed by atoms with Gasteiger partial charge in [-0.05, 0) is 56.7 Å². The first-order valence-electron chi connectivity index (χ1n) is 9.19. The fraction of sp³-hybridized carbons (Fsp3) is 0.182. The van der Waals surface area contributed by atoms with Crippen molar-refractivity contribution in [3.63, 3.8) is 0 Å². The van der Waals surface area contributed by atoms with E-state index in [1.807, 2.05) is 32.0 Å². The summed E-state index contributed by atoms with van der Waals surface area (Å²) in [5.74, 6) is 0.654. The molecule has 3 aromatic heterocycles. The monoisotopic (exact) mass is 404 g/mol. The van der Waals surface area contributed by atoms with Crippen LogP contribution in [0.1, 0.15) is 27.3 Å². The lowest BCUT2D eigenvalue weighted by molar-refractivity contribution is 0.102. The number of ketones is 1. The number of thioether (sulfide) groups is 1. The van der Waals surface area contributed by atoms with E-state index in [0.717, 1.165) is 22.6 Å². The number of hydrogen-bond donors (Lipinski definition) is 0. The van der Waals surface area contributed by atoms with E-state index in [-0.39, 0.29) is 11.5 Å². The summed E-state index contributed by atoms with van der Waals surface area (Å²) in [6.45, 7) is 6.04. The summed E-state index contributed by atoms with van der Waals surface area (Å²) in [4.78, 5) is 16.9. The predicted octanol–water partition coefficient (Wildman–Crippen LogP) is 4.82. The Morgan fingerprint density at radius 3 is 2.72 bits per heavy atom. The molecule has 4 aromatic rings. The summed E-state index contributed by atoms with van der Waals surface area (Å²) < 4.78 is 7.75. The first kappa shape index (κ1) is 19.1. The second-order valence-electron chi connectivity index (χ2n) is 6.79. The highest BCUT2D eigenvalue weighted by Crippen LogP contribution is 2.26. The maximum absolute atomic E-state index is 12.8. The van der Waals surface area contributed by atoms with Crippen LogP contribution in [0.5, 0.6) is 0 Å². The van der Waals surface area contributed by atoms with Gasteiger partial charge >= 0.3 is 0 Å². The van der Waals surface area contributed by atoms with Crippen molar-refractivity contribution in [1.82, 2.24) is 19.7 Å². The molecule has 0 atom stereocenters. The number of aromatic nitrogens is 4. The molecule has 0 aliphatic rings. The van der Waals surface area contributed by atoms with Crippen LogP contribution in [0.25, 0.3) is 17.1 Å². The zero-order valence-corrected chi connectivity index (χ0v) is 17.2. The van der Waals surface area contributed by atoms with Gasteiger partial charge in [0.05, 0.1) is 11.3 Å². The largest absolute Gasteiger partial charge is 0.411 e. The number of rotatable bonds is 6. The van der Waals surface area contributed by atoms with Crippen molar-refractivity contribution in [3.05, 3.63) is 77.4 Å². The summed E-state index contributed by atoms with van der Waals surface area (Å²) in [7, 11) is 0. The minimum absolute atomic E-state index is 0.0307. The molecule has 0 saturated carbocycles. The van der Waals surface area contributed by atoms with E-state index < -0.39 is 0 Å². The van der Waals surface area contributed by atoms with Crippen LogP contribution < -0.4 is 0 Å². The van der Waals surface area contributed by atoms with Gasteiger partial charge in [-0.2, -0.15) is 0 Å². The quantitative estimate of drug-likeness (QED) is 0.339. The van der Waals surface area contributed by atoms with Gasteiger partial charge < -0.3 is 8.98 Å². The molecule has 0 N–H and O–H groups in total. The molecule has 3 heterocycles. The Kier molecular flexibility index (Phi) is 5.31. The van der Waals surface area contributed by atoms with Crippen LogP contribution in [-0.2, 0) is 0 Å². The van der Waals surface area contributed by atoms with E-state index >= 15 is 0 Å². The smallest absolute Gasteiger partial charge is 0.277 e. The van der Waals surface area contributed by atoms with Gasteiger partial charge in [-0.1, -0.05) is 23.9 Å². The Morgan fingerprint density at radius 1 is 1.10 bits per heavy atom. The first-order valence-corrected chi connectivity index (χ1v) is 10.2. The highest BCUT2D eigenvalue weighted by Gasteiger charge is 2.18. The van der Waals surface area contributed by atoms with Crippen molar-refractivity contribution in [3.8, 4) is 17.1 Å². The average molecular weight is 404 g/mol. The molecule has 0 aliphatic heterocycles. The van der Waals surface area contributed by atoms with Gasteiger partial charge in [-0.15, -0.1) is 10.2 Å². The normalized spacial score (nSPS) is 11.0. The maximum Gasteiger partial charge on any atom is 0.277 e. The molecule has 29 heavy (non-hydrogen) atoms. The zero-order valence-electron chi connectivity index (χ0n) is 16.4. The fourth-order valence-electron chi connectivity index (χ4n) is 3.29. The molecule has 0 bridgehead atoms. The molecule has 0 aliphatic carbocycles. The lowest BCUT2D eigenvalue weighted by Crippen LogP contribution is -2.05. The fourth-order valence-corrected chi connectivity index (χ4v) is 3.94. The standard InChI is InChI=1S/C22H20N4O2S/c1-14-6-4-8-18(10-14)26-15(2)11-19(16(26)3)20(27)13-29-22-25-24-21(28-22)17-7-5-9-23-12-17/h4-12H,13H2,1-3H3. The SMILES string of the molecule is Cc1cccc(-n2c(C)cc(C(=O)CSc3nnc(-c4cccnc4)o3)c2C)c1. The van der Waals surface area contributed by atoms with Gasteiger partial charge in [0.15, 0.2) is 5.78 Å². The highest BCUT2D eigenvalue weighted by molar-refractivity contribution is 7.99. The van der Waals surface area contributed by atoms with E-state index in [9.17, 15) is 4.79 Å². The third-order valence-corrected chi connectivity index (χ3v) is 5.45. The summed E-state index contributed by atoms with van der Waals surface area (Å²) in [5.41, 5.74) is 5.66. The topological polar surface area (TPSA) is 73.8 Å². The van der Waals surface area contributed by atoms with Crippen LogP contribution in [-0.4, -0.2) is 31.3 Å². The number of pyridine rings is 1. The van der Waals surface area contributed by atoms with Gasteiger partial charge in [0.25, 0.3) is 5.22 Å². The maximum atomic E-state index is 12.8. The number of hydrogen-bond acceptors (Lipinski definition) is 6. The second-order valence-corrected chi connectivity index (χ2v) is 7.71. The number of Topliss-reactive ketones (excluding diaryl/α,β-unsaturated/α-hetero) is 1. The van der Waals surface area contributed by atoms with E-state index in [1.165, 1.54) is 17.3 Å². The lowest BCUT2D eigenvalue weighted by atomic mass is 10.2. The molecule has 6 nitrogen and oxygen atoms in total. The Morgan fingerprint density at radius 2 is 1.97 bits per heavy atom. The van der Waals surface area contributed by atoms with Crippen molar-refractivity contribution in [2.45, 2.75) is 26.0 Å². The molecular formula is C22H20N4O2S. The summed E-state index contributed by atoms with van der Waals surface area (Å²) in [6, 6.07) is 13.8. The molecular weight excluding hydrogens is 384 g/mol. The molecule has 0 spiro atoms. The Labute approximate surface area is 173 Å². The molecule has 0 saturated heterocycles. The zero-order chi connectivity index (χ0) is 20.4. The second kappa shape index (κ2) is 8.05. The summed E-state index contributed by atoms with van der Waals surface area (Å²) >= 11 is 1.24. The van der Waals surface area contributed by atoms with Crippen molar-refractivity contribution in [2.24, 2.45) is 0 Å². The van der Waals surface area contributed by atoms with E-state index in [1.54, 1.807) is 18.5 Å². The van der Waals surface area contributed by atoms with Gasteiger partial charge in [0.1, 0.15) is 0 Å². The van der Waals surface area contributed by atoms with E-state index in [2.05, 4.69) is 44.9 Å². The third kappa shape index (κ3) is 4.00. The van der Waals surface area contributed by atoms with E-state index in [4.69, 9.17) is 4.42 Å². The lowest BCUT2D eigenvalue weighted by Gasteiger charge is -2.10. The molecule has 4 rings (SSSR count). The molecule has 0 unspecified atom stereocenters. The van der Waals surface area contributed by atoms with E-state index in [0.29, 0.717) is 16.7 Å². The van der Waals surface area contributed by atoms with Gasteiger partial charge in [-0.25, -0.2) is 0 Å². The Bertz CT molecular complexity index is 1160. The summed E-state index contributed by atoms with van der Waals surface area (Å²) in [6.07, 6.45) is 3.34. The number of benzene rings is 1. The minimum atomic E-state index is 0.0307. The molecule has 0 fully saturated rings. The van der Waals surface area contributed by atoms with Gasteiger partial charge in [-0.3, -0.25) is 9.78 Å². The average Bonchev–Trinajstić information content (AvgIpc) is 3.31. The third-order valence-electron chi connectivity index (χ3n) is 4.63. The minimum Gasteiger partial charge on any atom is -0.411 e. The van der Waals surface area contributed by atoms with Crippen molar-refractivity contribution in [2.75, 3.05) is 5.75 Å². The van der Waals surface area contributed by atoms with Gasteiger partial charge in [0.2, 0.25) is 5.89 Å². The Hall–Kier alpha value is -3.19. The highest BCUT2D eigenvalue weighted by atomic mass is 32.2.